The van der Waals surface area contributed by atoms with Crippen LogP contribution in [0.3, 0.4) is 0 Å². The Bertz CT molecular complexity index is 1000. The molecule has 138 valence electrons. The number of para-hydroxylation sites is 1. The molecule has 0 spiro atoms. The molecule has 3 aromatic carbocycles. The molecule has 0 atom stereocenters. The van der Waals surface area contributed by atoms with E-state index in [0.717, 1.165) is 17.0 Å². The van der Waals surface area contributed by atoms with E-state index < -0.39 is 5.91 Å². The van der Waals surface area contributed by atoms with Gasteiger partial charge in [-0.05, 0) is 55.5 Å². The van der Waals surface area contributed by atoms with Crippen LogP contribution in [-0.4, -0.2) is 5.91 Å². The highest BCUT2D eigenvalue weighted by Crippen LogP contribution is 2.22. The Kier molecular flexibility index (Phi) is 6.06. The fraction of sp³-hybridized carbons (Fsp3) is 0.0435. The minimum absolute atomic E-state index is 0.0230. The third-order valence-electron chi connectivity index (χ3n) is 3.89. The summed E-state index contributed by atoms with van der Waals surface area (Å²) >= 11 is 0. The molecule has 0 heterocycles. The molecular weight excluding hydrogens is 350 g/mol. The first-order chi connectivity index (χ1) is 13.6. The van der Waals surface area contributed by atoms with Crippen LogP contribution in [0.25, 0.3) is 0 Å². The van der Waals surface area contributed by atoms with Crippen molar-refractivity contribution in [2.75, 3.05) is 10.6 Å². The van der Waals surface area contributed by atoms with E-state index in [9.17, 15) is 10.1 Å². The van der Waals surface area contributed by atoms with E-state index in [-0.39, 0.29) is 5.57 Å². The Balaban J connectivity index is 1.61. The number of carbonyl (C=O) groups is 1. The van der Waals surface area contributed by atoms with Crippen molar-refractivity contribution in [3.63, 3.8) is 0 Å². The molecule has 28 heavy (non-hydrogen) atoms. The van der Waals surface area contributed by atoms with Gasteiger partial charge in [-0.2, -0.15) is 5.26 Å². The largest absolute Gasteiger partial charge is 0.457 e. The Morgan fingerprint density at radius 3 is 2.14 bits per heavy atom. The molecule has 0 unspecified atom stereocenters. The Morgan fingerprint density at radius 1 is 0.893 bits per heavy atom. The summed E-state index contributed by atoms with van der Waals surface area (Å²) in [4.78, 5) is 12.2. The summed E-state index contributed by atoms with van der Waals surface area (Å²) in [5.74, 6) is 0.976. The summed E-state index contributed by atoms with van der Waals surface area (Å²) in [6.07, 6.45) is 1.39. The monoisotopic (exact) mass is 369 g/mol. The number of amides is 1. The number of nitriles is 1. The molecule has 1 amide bonds. The first kappa shape index (κ1) is 18.7. The number of carbonyl (C=O) groups excluding carboxylic acids is 1. The quantitative estimate of drug-likeness (QED) is 0.460. The second-order valence-corrected chi connectivity index (χ2v) is 6.07. The van der Waals surface area contributed by atoms with Crippen LogP contribution in [0.2, 0.25) is 0 Å². The van der Waals surface area contributed by atoms with E-state index in [1.807, 2.05) is 79.7 Å². The number of hydrogen-bond donors (Lipinski definition) is 2. The van der Waals surface area contributed by atoms with Crippen LogP contribution in [0.1, 0.15) is 5.56 Å². The zero-order chi connectivity index (χ0) is 19.8. The topological polar surface area (TPSA) is 74.2 Å². The van der Waals surface area contributed by atoms with Crippen molar-refractivity contribution in [2.24, 2.45) is 0 Å². The van der Waals surface area contributed by atoms with Crippen LogP contribution in [-0.2, 0) is 4.79 Å². The number of aryl methyl sites for hydroxylation is 1. The summed E-state index contributed by atoms with van der Waals surface area (Å²) in [6, 6.07) is 26.0. The van der Waals surface area contributed by atoms with Crippen LogP contribution in [0.15, 0.2) is 90.6 Å². The van der Waals surface area contributed by atoms with Crippen molar-refractivity contribution in [3.8, 4) is 17.6 Å². The maximum absolute atomic E-state index is 12.2. The highest BCUT2D eigenvalue weighted by atomic mass is 16.5. The second-order valence-electron chi connectivity index (χ2n) is 6.07. The van der Waals surface area contributed by atoms with Gasteiger partial charge in [0.1, 0.15) is 23.1 Å². The van der Waals surface area contributed by atoms with E-state index in [1.165, 1.54) is 6.20 Å². The van der Waals surface area contributed by atoms with Crippen LogP contribution >= 0.6 is 0 Å². The molecule has 0 aliphatic carbocycles. The van der Waals surface area contributed by atoms with E-state index in [4.69, 9.17) is 4.74 Å². The van der Waals surface area contributed by atoms with Gasteiger partial charge in [-0.25, -0.2) is 0 Å². The normalized spacial score (nSPS) is 10.6. The van der Waals surface area contributed by atoms with Gasteiger partial charge >= 0.3 is 0 Å². The summed E-state index contributed by atoms with van der Waals surface area (Å²) in [6.45, 7) is 1.96. The van der Waals surface area contributed by atoms with Gasteiger partial charge in [0.2, 0.25) is 0 Å². The lowest BCUT2D eigenvalue weighted by atomic mass is 10.2. The Hall–Kier alpha value is -4.04. The van der Waals surface area contributed by atoms with Gasteiger partial charge in [0.25, 0.3) is 5.91 Å². The number of anilines is 2. The molecule has 3 rings (SSSR count). The fourth-order valence-corrected chi connectivity index (χ4v) is 2.38. The first-order valence-electron chi connectivity index (χ1n) is 8.72. The first-order valence-corrected chi connectivity index (χ1v) is 8.72. The van der Waals surface area contributed by atoms with Gasteiger partial charge in [0.15, 0.2) is 0 Å². The lowest BCUT2D eigenvalue weighted by Gasteiger charge is -2.07. The Morgan fingerprint density at radius 2 is 1.50 bits per heavy atom. The standard InChI is InChI=1S/C23H19N3O2/c1-17-7-9-20(10-8-17)26-23(27)18(15-24)16-25-19-11-13-22(14-12-19)28-21-5-3-2-4-6-21/h2-14,16,25H,1H3,(H,26,27)/b18-16-. The third-order valence-corrected chi connectivity index (χ3v) is 3.89. The molecule has 0 radical (unpaired) electrons. The molecule has 5 nitrogen and oxygen atoms in total. The predicted molar refractivity (Wildman–Crippen MR) is 110 cm³/mol. The van der Waals surface area contributed by atoms with Gasteiger partial charge in [0, 0.05) is 17.6 Å². The number of nitrogens with one attached hydrogen (secondary N) is 2. The van der Waals surface area contributed by atoms with E-state index in [1.54, 1.807) is 12.1 Å². The molecule has 2 N–H and O–H groups in total. The molecule has 3 aromatic rings. The van der Waals surface area contributed by atoms with E-state index in [0.29, 0.717) is 11.4 Å². The minimum Gasteiger partial charge on any atom is -0.457 e. The lowest BCUT2D eigenvalue weighted by Crippen LogP contribution is -2.14. The van der Waals surface area contributed by atoms with Crippen molar-refractivity contribution in [1.29, 1.82) is 5.26 Å². The molecule has 0 aromatic heterocycles. The van der Waals surface area contributed by atoms with Gasteiger partial charge in [-0.15, -0.1) is 0 Å². The highest BCUT2D eigenvalue weighted by molar-refractivity contribution is 6.06. The van der Waals surface area contributed by atoms with Crippen LogP contribution in [0.5, 0.6) is 11.5 Å². The summed E-state index contributed by atoms with van der Waals surface area (Å²) in [5, 5.41) is 14.9. The summed E-state index contributed by atoms with van der Waals surface area (Å²) in [7, 11) is 0. The zero-order valence-corrected chi connectivity index (χ0v) is 15.3. The number of rotatable bonds is 6. The molecule has 0 saturated carbocycles. The van der Waals surface area contributed by atoms with E-state index >= 15 is 0 Å². The van der Waals surface area contributed by atoms with E-state index in [2.05, 4.69) is 10.6 Å². The van der Waals surface area contributed by atoms with Crippen molar-refractivity contribution in [3.05, 3.63) is 96.2 Å². The zero-order valence-electron chi connectivity index (χ0n) is 15.3. The Labute approximate surface area is 163 Å². The lowest BCUT2D eigenvalue weighted by molar-refractivity contribution is -0.112. The predicted octanol–water partition coefficient (Wildman–Crippen LogP) is 5.25. The average molecular weight is 369 g/mol. The number of hydrogen-bond acceptors (Lipinski definition) is 4. The number of benzene rings is 3. The minimum atomic E-state index is -0.470. The molecular formula is C23H19N3O2. The number of ether oxygens (including phenoxy) is 1. The molecule has 0 bridgehead atoms. The SMILES string of the molecule is Cc1ccc(NC(=O)/C(C#N)=C\Nc2ccc(Oc3ccccc3)cc2)cc1. The fourth-order valence-electron chi connectivity index (χ4n) is 2.38. The number of nitrogens with zero attached hydrogens (tertiary/aromatic N) is 1. The molecule has 0 saturated heterocycles. The molecule has 5 heteroatoms. The molecule has 0 aliphatic heterocycles. The summed E-state index contributed by atoms with van der Waals surface area (Å²) < 4.78 is 5.73. The van der Waals surface area contributed by atoms with Gasteiger partial charge in [0.05, 0.1) is 0 Å². The third kappa shape index (κ3) is 5.23. The maximum Gasteiger partial charge on any atom is 0.267 e. The smallest absolute Gasteiger partial charge is 0.267 e. The van der Waals surface area contributed by atoms with Crippen molar-refractivity contribution < 1.29 is 9.53 Å². The van der Waals surface area contributed by atoms with Crippen molar-refractivity contribution >= 4 is 17.3 Å². The highest BCUT2D eigenvalue weighted by Gasteiger charge is 2.09. The molecule has 0 aliphatic rings. The van der Waals surface area contributed by atoms with Crippen LogP contribution in [0.4, 0.5) is 11.4 Å². The maximum atomic E-state index is 12.2. The van der Waals surface area contributed by atoms with Gasteiger partial charge in [-0.1, -0.05) is 35.9 Å². The van der Waals surface area contributed by atoms with Gasteiger partial charge in [-0.3, -0.25) is 4.79 Å². The molecule has 0 fully saturated rings. The van der Waals surface area contributed by atoms with Crippen LogP contribution in [0, 0.1) is 18.3 Å². The average Bonchev–Trinajstić information content (AvgIpc) is 2.72. The van der Waals surface area contributed by atoms with Crippen molar-refractivity contribution in [1.82, 2.24) is 0 Å². The van der Waals surface area contributed by atoms with Gasteiger partial charge < -0.3 is 15.4 Å². The van der Waals surface area contributed by atoms with Crippen LogP contribution < -0.4 is 15.4 Å². The van der Waals surface area contributed by atoms with Crippen molar-refractivity contribution in [2.45, 2.75) is 6.92 Å². The summed E-state index contributed by atoms with van der Waals surface area (Å²) in [5.41, 5.74) is 2.44. The second kappa shape index (κ2) is 9.06.